The predicted molar refractivity (Wildman–Crippen MR) is 86.0 cm³/mol. The van der Waals surface area contributed by atoms with E-state index in [2.05, 4.69) is 5.32 Å². The maximum atomic E-state index is 12.7. The lowest BCUT2D eigenvalue weighted by Crippen LogP contribution is -2.27. The molecule has 2 rings (SSSR count). The van der Waals surface area contributed by atoms with E-state index in [-0.39, 0.29) is 12.1 Å². The summed E-state index contributed by atoms with van der Waals surface area (Å²) in [5.74, 6) is -2.68. The van der Waals surface area contributed by atoms with Gasteiger partial charge in [0.2, 0.25) is 5.91 Å². The fourth-order valence-electron chi connectivity index (χ4n) is 2.38. The van der Waals surface area contributed by atoms with Crippen LogP contribution in [0.25, 0.3) is 0 Å². The normalized spacial score (nSPS) is 12.4. The number of amides is 1. The Kier molecular flexibility index (Phi) is 5.80. The summed E-state index contributed by atoms with van der Waals surface area (Å²) in [5, 5.41) is 11.4. The molecule has 2 N–H and O–H groups in total. The lowest BCUT2D eigenvalue weighted by molar-refractivity contribution is -0.140. The molecule has 0 fully saturated rings. The van der Waals surface area contributed by atoms with Crippen molar-refractivity contribution in [2.75, 3.05) is 5.32 Å². The van der Waals surface area contributed by atoms with Crippen LogP contribution in [0, 0.1) is 5.92 Å². The summed E-state index contributed by atoms with van der Waals surface area (Å²) in [6.45, 7) is 0. The van der Waals surface area contributed by atoms with Gasteiger partial charge in [-0.1, -0.05) is 36.4 Å². The first-order valence-corrected chi connectivity index (χ1v) is 7.49. The summed E-state index contributed by atoms with van der Waals surface area (Å²) in [6, 6.07) is 13.1. The number of carbonyl (C=O) groups is 2. The van der Waals surface area contributed by atoms with Gasteiger partial charge in [-0.15, -0.1) is 0 Å². The van der Waals surface area contributed by atoms with Crippen LogP contribution in [0.2, 0.25) is 0 Å². The average Bonchev–Trinajstić information content (AvgIpc) is 2.54. The lowest BCUT2D eigenvalue weighted by atomic mass is 9.95. The number of carboxylic acids is 1. The summed E-state index contributed by atoms with van der Waals surface area (Å²) in [5.41, 5.74) is -0.139. The third-order valence-corrected chi connectivity index (χ3v) is 3.57. The van der Waals surface area contributed by atoms with Crippen LogP contribution >= 0.6 is 0 Å². The molecule has 0 aliphatic heterocycles. The van der Waals surface area contributed by atoms with Gasteiger partial charge < -0.3 is 10.4 Å². The summed E-state index contributed by atoms with van der Waals surface area (Å²) >= 11 is 0. The minimum Gasteiger partial charge on any atom is -0.481 e. The number of aliphatic carboxylic acids is 1. The second-order valence-corrected chi connectivity index (χ2v) is 5.55. The fourth-order valence-corrected chi connectivity index (χ4v) is 2.38. The number of halogens is 3. The largest absolute Gasteiger partial charge is 0.481 e. The van der Waals surface area contributed by atoms with Crippen LogP contribution in [0.5, 0.6) is 0 Å². The van der Waals surface area contributed by atoms with Crippen LogP contribution in [-0.4, -0.2) is 17.0 Å². The molecule has 0 radical (unpaired) electrons. The van der Waals surface area contributed by atoms with E-state index in [9.17, 15) is 22.8 Å². The van der Waals surface area contributed by atoms with Gasteiger partial charge >= 0.3 is 12.1 Å². The highest BCUT2D eigenvalue weighted by Gasteiger charge is 2.31. The number of benzene rings is 2. The first-order valence-electron chi connectivity index (χ1n) is 7.49. The second-order valence-electron chi connectivity index (χ2n) is 5.55. The first-order chi connectivity index (χ1) is 11.8. The number of hydrogen-bond acceptors (Lipinski definition) is 2. The van der Waals surface area contributed by atoms with Crippen molar-refractivity contribution in [3.8, 4) is 0 Å². The molecular formula is C18H16F3NO3. The zero-order valence-electron chi connectivity index (χ0n) is 13.1. The van der Waals surface area contributed by atoms with Crippen molar-refractivity contribution in [1.82, 2.24) is 0 Å². The molecule has 1 atom stereocenters. The third-order valence-electron chi connectivity index (χ3n) is 3.57. The quantitative estimate of drug-likeness (QED) is 0.827. The molecule has 1 unspecified atom stereocenters. The van der Waals surface area contributed by atoms with Crippen molar-refractivity contribution in [2.45, 2.75) is 19.0 Å². The average molecular weight is 351 g/mol. The van der Waals surface area contributed by atoms with Crippen LogP contribution in [0.4, 0.5) is 18.9 Å². The molecule has 0 saturated heterocycles. The molecule has 2 aromatic rings. The molecule has 4 nitrogen and oxygen atoms in total. The van der Waals surface area contributed by atoms with Gasteiger partial charge in [0.1, 0.15) is 0 Å². The van der Waals surface area contributed by atoms with Crippen molar-refractivity contribution in [1.29, 1.82) is 0 Å². The van der Waals surface area contributed by atoms with E-state index in [1.165, 1.54) is 12.1 Å². The standard InChI is InChI=1S/C18H16F3NO3/c19-18(20,21)14-7-4-8-15(11-14)22-17(25)13(10-16(23)24)9-12-5-2-1-3-6-12/h1-8,11,13H,9-10H2,(H,22,25)(H,23,24). The van der Waals surface area contributed by atoms with Crippen LogP contribution in [0.3, 0.4) is 0 Å². The molecule has 1 amide bonds. The van der Waals surface area contributed by atoms with Crippen LogP contribution in [0.1, 0.15) is 17.5 Å². The Balaban J connectivity index is 2.15. The van der Waals surface area contributed by atoms with Gasteiger partial charge in [-0.3, -0.25) is 9.59 Å². The molecule has 0 aliphatic rings. The molecule has 0 bridgehead atoms. The Morgan fingerprint density at radius 3 is 2.32 bits per heavy atom. The van der Waals surface area contributed by atoms with Crippen molar-refractivity contribution in [3.05, 3.63) is 65.7 Å². The molecule has 25 heavy (non-hydrogen) atoms. The summed E-state index contributed by atoms with van der Waals surface area (Å²) in [7, 11) is 0. The first kappa shape index (κ1) is 18.5. The molecule has 2 aromatic carbocycles. The van der Waals surface area contributed by atoms with E-state index < -0.39 is 36.0 Å². The van der Waals surface area contributed by atoms with Gasteiger partial charge in [0.05, 0.1) is 17.9 Å². The number of carboxylic acid groups (broad SMARTS) is 1. The maximum Gasteiger partial charge on any atom is 0.416 e. The topological polar surface area (TPSA) is 66.4 Å². The van der Waals surface area contributed by atoms with Crippen molar-refractivity contribution in [2.24, 2.45) is 5.92 Å². The van der Waals surface area contributed by atoms with Gasteiger partial charge in [0.25, 0.3) is 0 Å². The third kappa shape index (κ3) is 5.63. The zero-order chi connectivity index (χ0) is 18.4. The van der Waals surface area contributed by atoms with E-state index in [0.29, 0.717) is 0 Å². The molecule has 132 valence electrons. The minimum absolute atomic E-state index is 0.0247. The zero-order valence-corrected chi connectivity index (χ0v) is 13.1. The predicted octanol–water partition coefficient (Wildman–Crippen LogP) is 3.98. The highest BCUT2D eigenvalue weighted by molar-refractivity contribution is 5.94. The summed E-state index contributed by atoms with van der Waals surface area (Å²) in [4.78, 5) is 23.4. The molecule has 0 aromatic heterocycles. The van der Waals surface area contributed by atoms with Gasteiger partial charge in [0, 0.05) is 5.69 Å². The second kappa shape index (κ2) is 7.83. The Morgan fingerprint density at radius 1 is 1.04 bits per heavy atom. The summed E-state index contributed by atoms with van der Waals surface area (Å²) < 4.78 is 38.2. The molecule has 0 aliphatic carbocycles. The van der Waals surface area contributed by atoms with Crippen molar-refractivity contribution < 1.29 is 27.9 Å². The molecule has 0 saturated carbocycles. The monoisotopic (exact) mass is 351 g/mol. The number of alkyl halides is 3. The molecule has 7 heteroatoms. The lowest BCUT2D eigenvalue weighted by Gasteiger charge is -2.16. The molecule has 0 heterocycles. The number of rotatable bonds is 6. The molecular weight excluding hydrogens is 335 g/mol. The maximum absolute atomic E-state index is 12.7. The van der Waals surface area contributed by atoms with E-state index in [4.69, 9.17) is 5.11 Å². The van der Waals surface area contributed by atoms with Crippen LogP contribution < -0.4 is 5.32 Å². The molecule has 0 spiro atoms. The highest BCUT2D eigenvalue weighted by atomic mass is 19.4. The highest BCUT2D eigenvalue weighted by Crippen LogP contribution is 2.30. The van der Waals surface area contributed by atoms with Gasteiger partial charge in [-0.2, -0.15) is 13.2 Å². The van der Waals surface area contributed by atoms with Crippen LogP contribution in [0.15, 0.2) is 54.6 Å². The Bertz CT molecular complexity index is 745. The van der Waals surface area contributed by atoms with Crippen LogP contribution in [-0.2, 0) is 22.2 Å². The number of anilines is 1. The summed E-state index contributed by atoms with van der Waals surface area (Å²) in [6.07, 6.45) is -4.76. The number of nitrogens with one attached hydrogen (secondary N) is 1. The van der Waals surface area contributed by atoms with Gasteiger partial charge in [-0.25, -0.2) is 0 Å². The van der Waals surface area contributed by atoms with E-state index in [1.54, 1.807) is 30.3 Å². The van der Waals surface area contributed by atoms with E-state index >= 15 is 0 Å². The minimum atomic E-state index is -4.52. The Morgan fingerprint density at radius 2 is 1.72 bits per heavy atom. The Labute approximate surface area is 142 Å². The van der Waals surface area contributed by atoms with Crippen molar-refractivity contribution in [3.63, 3.8) is 0 Å². The smallest absolute Gasteiger partial charge is 0.416 e. The van der Waals surface area contributed by atoms with Gasteiger partial charge in [0.15, 0.2) is 0 Å². The van der Waals surface area contributed by atoms with Gasteiger partial charge in [-0.05, 0) is 30.2 Å². The number of hydrogen-bond donors (Lipinski definition) is 2. The number of carbonyl (C=O) groups excluding carboxylic acids is 1. The van der Waals surface area contributed by atoms with E-state index in [1.807, 2.05) is 0 Å². The fraction of sp³-hybridized carbons (Fsp3) is 0.222. The SMILES string of the molecule is O=C(O)CC(Cc1ccccc1)C(=O)Nc1cccc(C(F)(F)F)c1. The van der Waals surface area contributed by atoms with E-state index in [0.717, 1.165) is 17.7 Å². The Hall–Kier alpha value is -2.83. The van der Waals surface area contributed by atoms with Crippen molar-refractivity contribution >= 4 is 17.6 Å².